The van der Waals surface area contributed by atoms with Crippen molar-refractivity contribution in [3.05, 3.63) is 35.4 Å². The number of carbonyl (C=O) groups is 3. The van der Waals surface area contributed by atoms with Gasteiger partial charge in [0.1, 0.15) is 0 Å². The predicted octanol–water partition coefficient (Wildman–Crippen LogP) is 1.78. The second-order valence-corrected chi connectivity index (χ2v) is 4.77. The smallest absolute Gasteiger partial charge is 0.338 e. The van der Waals surface area contributed by atoms with Crippen molar-refractivity contribution in [3.63, 3.8) is 0 Å². The molecule has 0 aliphatic carbocycles. The fourth-order valence-corrected chi connectivity index (χ4v) is 1.43. The lowest BCUT2D eigenvalue weighted by Crippen LogP contribution is -2.44. The molecule has 0 heterocycles. The molecule has 0 aliphatic heterocycles. The maximum absolute atomic E-state index is 11.7. The Morgan fingerprint density at radius 3 is 2.38 bits per heavy atom. The van der Waals surface area contributed by atoms with E-state index in [0.29, 0.717) is 5.56 Å². The Morgan fingerprint density at radius 2 is 1.81 bits per heavy atom. The van der Waals surface area contributed by atoms with Crippen LogP contribution in [-0.2, 0) is 9.53 Å². The van der Waals surface area contributed by atoms with Crippen LogP contribution in [0.3, 0.4) is 0 Å². The van der Waals surface area contributed by atoms with Crippen LogP contribution in [-0.4, -0.2) is 30.6 Å². The van der Waals surface area contributed by atoms with E-state index in [1.807, 2.05) is 20.8 Å². The van der Waals surface area contributed by atoms with E-state index in [9.17, 15) is 14.4 Å². The van der Waals surface area contributed by atoms with Crippen LogP contribution in [0.25, 0.3) is 0 Å². The van der Waals surface area contributed by atoms with E-state index in [-0.39, 0.29) is 6.04 Å². The number of carbonyl (C=O) groups excluding carboxylic acids is 3. The molecule has 1 atom stereocenters. The molecule has 0 unspecified atom stereocenters. The number of rotatable bonds is 5. The third-order valence-corrected chi connectivity index (χ3v) is 2.86. The van der Waals surface area contributed by atoms with Crippen LogP contribution in [0.4, 0.5) is 4.79 Å². The lowest BCUT2D eigenvalue weighted by Gasteiger charge is -2.11. The van der Waals surface area contributed by atoms with E-state index in [0.717, 1.165) is 12.0 Å². The zero-order valence-corrected chi connectivity index (χ0v) is 12.4. The minimum Gasteiger partial charge on any atom is -0.452 e. The maximum Gasteiger partial charge on any atom is 0.338 e. The Morgan fingerprint density at radius 1 is 1.19 bits per heavy atom. The number of imide groups is 1. The average Bonchev–Trinajstić information content (AvgIpc) is 2.45. The molecular formula is C15H20N2O4. The fraction of sp³-hybridized carbons (Fsp3) is 0.400. The molecule has 0 saturated carbocycles. The first-order valence-electron chi connectivity index (χ1n) is 6.76. The van der Waals surface area contributed by atoms with Crippen LogP contribution in [0.1, 0.15) is 36.2 Å². The van der Waals surface area contributed by atoms with E-state index >= 15 is 0 Å². The van der Waals surface area contributed by atoms with Crippen molar-refractivity contribution in [1.29, 1.82) is 0 Å². The van der Waals surface area contributed by atoms with Gasteiger partial charge in [0.15, 0.2) is 6.61 Å². The van der Waals surface area contributed by atoms with E-state index < -0.39 is 24.5 Å². The van der Waals surface area contributed by atoms with E-state index in [1.165, 1.54) is 0 Å². The number of hydrogen-bond donors (Lipinski definition) is 2. The van der Waals surface area contributed by atoms with Gasteiger partial charge in [0, 0.05) is 6.04 Å². The molecule has 21 heavy (non-hydrogen) atoms. The van der Waals surface area contributed by atoms with Gasteiger partial charge in [0.05, 0.1) is 5.56 Å². The number of esters is 1. The SMILES string of the molecule is CC[C@@H](C)NC(=O)NC(=O)COC(=O)c1ccc(C)cc1. The van der Waals surface area contributed by atoms with Crippen LogP contribution in [0, 0.1) is 6.92 Å². The van der Waals surface area contributed by atoms with Crippen LogP contribution < -0.4 is 10.6 Å². The van der Waals surface area contributed by atoms with Crippen molar-refractivity contribution in [2.24, 2.45) is 0 Å². The number of hydrogen-bond acceptors (Lipinski definition) is 4. The fourth-order valence-electron chi connectivity index (χ4n) is 1.43. The van der Waals surface area contributed by atoms with Gasteiger partial charge in [0.25, 0.3) is 5.91 Å². The summed E-state index contributed by atoms with van der Waals surface area (Å²) in [5.41, 5.74) is 1.38. The Bertz CT molecular complexity index is 511. The van der Waals surface area contributed by atoms with Crippen LogP contribution in [0.2, 0.25) is 0 Å². The number of urea groups is 1. The van der Waals surface area contributed by atoms with E-state index in [4.69, 9.17) is 4.74 Å². The van der Waals surface area contributed by atoms with Crippen molar-refractivity contribution >= 4 is 17.9 Å². The summed E-state index contributed by atoms with van der Waals surface area (Å²) < 4.78 is 4.83. The third-order valence-electron chi connectivity index (χ3n) is 2.86. The van der Waals surface area contributed by atoms with Crippen LogP contribution in [0.5, 0.6) is 0 Å². The molecule has 1 aromatic carbocycles. The maximum atomic E-state index is 11.7. The zero-order chi connectivity index (χ0) is 15.8. The summed E-state index contributed by atoms with van der Waals surface area (Å²) in [6.07, 6.45) is 0.754. The van der Waals surface area contributed by atoms with Gasteiger partial charge in [-0.1, -0.05) is 24.6 Å². The zero-order valence-electron chi connectivity index (χ0n) is 12.4. The summed E-state index contributed by atoms with van der Waals surface area (Å²) in [6.45, 7) is 5.14. The molecule has 1 aromatic rings. The Balaban J connectivity index is 2.37. The molecule has 1 rings (SSSR count). The average molecular weight is 292 g/mol. The second kappa shape index (κ2) is 8.04. The molecule has 0 radical (unpaired) electrons. The quantitative estimate of drug-likeness (QED) is 0.810. The first-order chi connectivity index (χ1) is 9.92. The molecule has 2 N–H and O–H groups in total. The van der Waals surface area contributed by atoms with Crippen molar-refractivity contribution in [2.75, 3.05) is 6.61 Å². The van der Waals surface area contributed by atoms with Gasteiger partial charge in [-0.2, -0.15) is 0 Å². The molecule has 0 spiro atoms. The molecule has 0 fully saturated rings. The lowest BCUT2D eigenvalue weighted by atomic mass is 10.1. The van der Waals surface area contributed by atoms with Gasteiger partial charge >= 0.3 is 12.0 Å². The number of benzene rings is 1. The molecule has 0 bridgehead atoms. The highest BCUT2D eigenvalue weighted by molar-refractivity contribution is 5.97. The van der Waals surface area contributed by atoms with Crippen LogP contribution in [0.15, 0.2) is 24.3 Å². The normalized spacial score (nSPS) is 11.4. The summed E-state index contributed by atoms with van der Waals surface area (Å²) in [7, 11) is 0. The number of amides is 3. The summed E-state index contributed by atoms with van der Waals surface area (Å²) in [6, 6.07) is 6.15. The molecule has 114 valence electrons. The van der Waals surface area contributed by atoms with Crippen molar-refractivity contribution < 1.29 is 19.1 Å². The highest BCUT2D eigenvalue weighted by Crippen LogP contribution is 2.04. The highest BCUT2D eigenvalue weighted by Gasteiger charge is 2.13. The molecule has 0 saturated heterocycles. The molecular weight excluding hydrogens is 272 g/mol. The molecule has 0 aromatic heterocycles. The summed E-state index contributed by atoms with van der Waals surface area (Å²) in [4.78, 5) is 34.5. The molecule has 6 heteroatoms. The van der Waals surface area contributed by atoms with Gasteiger partial charge in [0.2, 0.25) is 0 Å². The van der Waals surface area contributed by atoms with Gasteiger partial charge in [-0.25, -0.2) is 9.59 Å². The Labute approximate surface area is 123 Å². The standard InChI is InChI=1S/C15H20N2O4/c1-4-11(3)16-15(20)17-13(18)9-21-14(19)12-7-5-10(2)6-8-12/h5-8,11H,4,9H2,1-3H3,(H2,16,17,18,20)/t11-/m1/s1. The molecule has 3 amide bonds. The highest BCUT2D eigenvalue weighted by atomic mass is 16.5. The van der Waals surface area contributed by atoms with Gasteiger partial charge in [-0.3, -0.25) is 10.1 Å². The van der Waals surface area contributed by atoms with Gasteiger partial charge in [-0.05, 0) is 32.4 Å². The lowest BCUT2D eigenvalue weighted by molar-refractivity contribution is -0.123. The minimum absolute atomic E-state index is 0.0343. The first-order valence-corrected chi connectivity index (χ1v) is 6.76. The van der Waals surface area contributed by atoms with Gasteiger partial charge < -0.3 is 10.1 Å². The predicted molar refractivity (Wildman–Crippen MR) is 77.9 cm³/mol. The molecule has 0 aliphatic rings. The second-order valence-electron chi connectivity index (χ2n) is 4.77. The minimum atomic E-state index is -0.670. The van der Waals surface area contributed by atoms with E-state index in [1.54, 1.807) is 24.3 Å². The summed E-state index contributed by atoms with van der Waals surface area (Å²) >= 11 is 0. The largest absolute Gasteiger partial charge is 0.452 e. The van der Waals surface area contributed by atoms with Crippen molar-refractivity contribution in [1.82, 2.24) is 10.6 Å². The van der Waals surface area contributed by atoms with E-state index in [2.05, 4.69) is 10.6 Å². The number of aryl methyl sites for hydroxylation is 1. The van der Waals surface area contributed by atoms with Gasteiger partial charge in [-0.15, -0.1) is 0 Å². The number of ether oxygens (including phenoxy) is 1. The third kappa shape index (κ3) is 6.07. The van der Waals surface area contributed by atoms with Crippen molar-refractivity contribution in [3.8, 4) is 0 Å². The summed E-state index contributed by atoms with van der Waals surface area (Å²) in [5.74, 6) is -1.27. The Kier molecular flexibility index (Phi) is 6.39. The molecule has 6 nitrogen and oxygen atoms in total. The topological polar surface area (TPSA) is 84.5 Å². The Hall–Kier alpha value is -2.37. The number of nitrogens with one attached hydrogen (secondary N) is 2. The first kappa shape index (κ1) is 16.7. The summed E-state index contributed by atoms with van der Waals surface area (Å²) in [5, 5.41) is 4.67. The van der Waals surface area contributed by atoms with Crippen molar-refractivity contribution in [2.45, 2.75) is 33.2 Å². The van der Waals surface area contributed by atoms with Crippen LogP contribution >= 0.6 is 0 Å². The monoisotopic (exact) mass is 292 g/mol.